The fourth-order valence-electron chi connectivity index (χ4n) is 4.60. The van der Waals surface area contributed by atoms with Crippen molar-refractivity contribution in [3.05, 3.63) is 48.5 Å². The van der Waals surface area contributed by atoms with Gasteiger partial charge in [-0.2, -0.15) is 0 Å². The van der Waals surface area contributed by atoms with Gasteiger partial charge in [0, 0.05) is 37.8 Å². The summed E-state index contributed by atoms with van der Waals surface area (Å²) in [6, 6.07) is 14.5. The van der Waals surface area contributed by atoms with Gasteiger partial charge in [-0.15, -0.1) is 0 Å². The van der Waals surface area contributed by atoms with Crippen molar-refractivity contribution in [3.63, 3.8) is 0 Å². The van der Waals surface area contributed by atoms with Crippen LogP contribution in [0.1, 0.15) is 19.3 Å². The summed E-state index contributed by atoms with van der Waals surface area (Å²) < 4.78 is 28.2. The van der Waals surface area contributed by atoms with Crippen LogP contribution < -0.4 is 0 Å². The van der Waals surface area contributed by atoms with Crippen LogP contribution in [0.5, 0.6) is 5.75 Å². The maximum atomic E-state index is 13.4. The second-order valence-electron chi connectivity index (χ2n) is 8.41. The molecular formula is C23H28N4O3S. The molecule has 7 nitrogen and oxygen atoms in total. The number of guanidine groups is 1. The first-order valence-corrected chi connectivity index (χ1v) is 12.4. The molecule has 1 N–H and O–H groups in total. The molecule has 0 bridgehead atoms. The number of phenols is 1. The topological polar surface area (TPSA) is 76.4 Å². The number of nitrogens with zero attached hydrogens (tertiary/aromatic N) is 4. The zero-order valence-electron chi connectivity index (χ0n) is 17.5. The van der Waals surface area contributed by atoms with E-state index in [1.807, 2.05) is 12.1 Å². The van der Waals surface area contributed by atoms with E-state index in [1.54, 1.807) is 36.4 Å². The first-order valence-electron chi connectivity index (χ1n) is 11.0. The zero-order chi connectivity index (χ0) is 21.4. The summed E-state index contributed by atoms with van der Waals surface area (Å²) in [6.07, 6.45) is 3.91. The van der Waals surface area contributed by atoms with E-state index in [4.69, 9.17) is 0 Å². The van der Waals surface area contributed by atoms with Crippen molar-refractivity contribution in [1.82, 2.24) is 14.1 Å². The van der Waals surface area contributed by atoms with Crippen LogP contribution in [0.2, 0.25) is 0 Å². The lowest BCUT2D eigenvalue weighted by molar-refractivity contribution is 0.0833. The summed E-state index contributed by atoms with van der Waals surface area (Å²) in [4.78, 5) is 9.45. The van der Waals surface area contributed by atoms with Crippen LogP contribution in [0.15, 0.2) is 58.4 Å². The van der Waals surface area contributed by atoms with Gasteiger partial charge in [0.2, 0.25) is 5.96 Å². The predicted octanol–water partition coefficient (Wildman–Crippen LogP) is 2.59. The first-order chi connectivity index (χ1) is 15.0. The highest BCUT2D eigenvalue weighted by Gasteiger charge is 2.36. The fourth-order valence-corrected chi connectivity index (χ4v) is 6.04. The second kappa shape index (κ2) is 8.16. The Hall–Kier alpha value is -2.58. The zero-order valence-corrected chi connectivity index (χ0v) is 18.3. The third kappa shape index (κ3) is 3.78. The van der Waals surface area contributed by atoms with Crippen molar-refractivity contribution in [2.45, 2.75) is 30.2 Å². The Morgan fingerprint density at radius 2 is 1.61 bits per heavy atom. The van der Waals surface area contributed by atoms with Gasteiger partial charge >= 0.3 is 0 Å². The molecule has 0 radical (unpaired) electrons. The van der Waals surface area contributed by atoms with E-state index in [0.29, 0.717) is 24.6 Å². The molecule has 1 saturated carbocycles. The van der Waals surface area contributed by atoms with Crippen LogP contribution in [0, 0.1) is 0 Å². The number of aromatic hydroxyl groups is 1. The van der Waals surface area contributed by atoms with E-state index in [9.17, 15) is 13.5 Å². The lowest BCUT2D eigenvalue weighted by Crippen LogP contribution is -2.56. The summed E-state index contributed by atoms with van der Waals surface area (Å²) in [5.74, 6) is 0.756. The van der Waals surface area contributed by atoms with Crippen LogP contribution in [-0.2, 0) is 10.0 Å². The molecule has 0 spiro atoms. The highest BCUT2D eigenvalue weighted by Crippen LogP contribution is 2.30. The quantitative estimate of drug-likeness (QED) is 0.791. The standard InChI is InChI=1S/C23H28N4O3S/c28-22-7-2-1-6-21(22)18-8-10-20(11-9-18)31(29,30)27-13-12-24-23(27)26-16-14-25(15-17-26)19-4-3-5-19/h1-2,6-11,19,28H,3-5,12-17H2. The van der Waals surface area contributed by atoms with Gasteiger partial charge in [0.25, 0.3) is 10.0 Å². The van der Waals surface area contributed by atoms with E-state index in [-0.39, 0.29) is 10.6 Å². The summed E-state index contributed by atoms with van der Waals surface area (Å²) in [6.45, 7) is 4.43. The van der Waals surface area contributed by atoms with Crippen molar-refractivity contribution >= 4 is 16.0 Å². The minimum atomic E-state index is -3.68. The van der Waals surface area contributed by atoms with Crippen LogP contribution >= 0.6 is 0 Å². The van der Waals surface area contributed by atoms with Gasteiger partial charge in [0.05, 0.1) is 18.0 Å². The number of hydrogen-bond donors (Lipinski definition) is 1. The highest BCUT2D eigenvalue weighted by atomic mass is 32.2. The number of aliphatic imine (C=N–C) groups is 1. The molecule has 31 heavy (non-hydrogen) atoms. The monoisotopic (exact) mass is 440 g/mol. The SMILES string of the molecule is O=S(=O)(c1ccc(-c2ccccc2O)cc1)N1CCN=C1N1CCN(C2CCC2)CC1. The van der Waals surface area contributed by atoms with Crippen LogP contribution in [0.25, 0.3) is 11.1 Å². The Balaban J connectivity index is 1.32. The lowest BCUT2D eigenvalue weighted by atomic mass is 9.91. The molecule has 0 atom stereocenters. The number of phenolic OH excluding ortho intramolecular Hbond substituents is 1. The molecule has 2 aliphatic heterocycles. The minimum absolute atomic E-state index is 0.174. The molecule has 2 heterocycles. The molecule has 2 aromatic rings. The van der Waals surface area contributed by atoms with Crippen molar-refractivity contribution < 1.29 is 13.5 Å². The normalized spacial score (nSPS) is 20.6. The average Bonchev–Trinajstić information content (AvgIpc) is 3.24. The summed E-state index contributed by atoms with van der Waals surface area (Å²) in [7, 11) is -3.68. The number of piperazine rings is 1. The highest BCUT2D eigenvalue weighted by molar-refractivity contribution is 7.89. The molecule has 1 saturated heterocycles. The van der Waals surface area contributed by atoms with Crippen LogP contribution in [0.4, 0.5) is 0 Å². The number of sulfonamides is 1. The molecule has 0 amide bonds. The van der Waals surface area contributed by atoms with Gasteiger partial charge in [-0.25, -0.2) is 12.7 Å². The smallest absolute Gasteiger partial charge is 0.266 e. The van der Waals surface area contributed by atoms with Crippen molar-refractivity contribution in [2.75, 3.05) is 39.3 Å². The molecule has 2 aromatic carbocycles. The molecule has 164 valence electrons. The van der Waals surface area contributed by atoms with Crippen LogP contribution in [0.3, 0.4) is 0 Å². The van der Waals surface area contributed by atoms with Crippen molar-refractivity contribution in [3.8, 4) is 16.9 Å². The molecule has 5 rings (SSSR count). The molecule has 0 aromatic heterocycles. The van der Waals surface area contributed by atoms with E-state index in [1.165, 1.54) is 23.6 Å². The van der Waals surface area contributed by atoms with E-state index >= 15 is 0 Å². The third-order valence-corrected chi connectivity index (χ3v) is 8.42. The van der Waals surface area contributed by atoms with Gasteiger partial charge in [-0.3, -0.25) is 9.89 Å². The fraction of sp³-hybridized carbons (Fsp3) is 0.435. The Bertz CT molecular complexity index is 1070. The van der Waals surface area contributed by atoms with E-state index in [2.05, 4.69) is 14.8 Å². The average molecular weight is 441 g/mol. The third-order valence-electron chi connectivity index (χ3n) is 6.62. The molecule has 1 aliphatic carbocycles. The van der Waals surface area contributed by atoms with Gasteiger partial charge in [0.15, 0.2) is 0 Å². The number of rotatable bonds is 4. The van der Waals surface area contributed by atoms with Crippen molar-refractivity contribution in [2.24, 2.45) is 4.99 Å². The summed E-state index contributed by atoms with van der Waals surface area (Å²) in [5, 5.41) is 10.1. The largest absolute Gasteiger partial charge is 0.507 e. The maximum Gasteiger partial charge on any atom is 0.266 e. The summed E-state index contributed by atoms with van der Waals surface area (Å²) >= 11 is 0. The molecule has 8 heteroatoms. The Labute approximate surface area is 183 Å². The lowest BCUT2D eigenvalue weighted by Gasteiger charge is -2.44. The first kappa shape index (κ1) is 20.3. The Morgan fingerprint density at radius 1 is 0.903 bits per heavy atom. The van der Waals surface area contributed by atoms with Crippen LogP contribution in [-0.4, -0.2) is 78.9 Å². The minimum Gasteiger partial charge on any atom is -0.507 e. The molecule has 0 unspecified atom stereocenters. The van der Waals surface area contributed by atoms with E-state index in [0.717, 1.165) is 37.8 Å². The Kier molecular flexibility index (Phi) is 5.35. The predicted molar refractivity (Wildman–Crippen MR) is 121 cm³/mol. The van der Waals surface area contributed by atoms with Crippen molar-refractivity contribution in [1.29, 1.82) is 0 Å². The number of para-hydroxylation sites is 1. The van der Waals surface area contributed by atoms with Gasteiger partial charge in [0.1, 0.15) is 5.75 Å². The van der Waals surface area contributed by atoms with Gasteiger partial charge in [-0.1, -0.05) is 36.8 Å². The number of benzene rings is 2. The molecular weight excluding hydrogens is 412 g/mol. The molecule has 3 aliphatic rings. The van der Waals surface area contributed by atoms with Gasteiger partial charge < -0.3 is 10.0 Å². The maximum absolute atomic E-state index is 13.4. The second-order valence-corrected chi connectivity index (χ2v) is 10.3. The van der Waals surface area contributed by atoms with E-state index < -0.39 is 10.0 Å². The summed E-state index contributed by atoms with van der Waals surface area (Å²) in [5.41, 5.74) is 1.46. The molecule has 2 fully saturated rings. The Morgan fingerprint density at radius 3 is 2.26 bits per heavy atom. The number of hydrogen-bond acceptors (Lipinski definition) is 6. The van der Waals surface area contributed by atoms with Gasteiger partial charge in [-0.05, 0) is 36.6 Å².